The van der Waals surface area contributed by atoms with E-state index in [2.05, 4.69) is 21.8 Å². The fourth-order valence-corrected chi connectivity index (χ4v) is 6.31. The minimum atomic E-state index is -3.93. The van der Waals surface area contributed by atoms with Crippen molar-refractivity contribution in [3.63, 3.8) is 0 Å². The third kappa shape index (κ3) is 5.44. The summed E-state index contributed by atoms with van der Waals surface area (Å²) in [4.78, 5) is 14.8. The van der Waals surface area contributed by atoms with Crippen LogP contribution >= 0.6 is 23.1 Å². The van der Waals surface area contributed by atoms with E-state index in [9.17, 15) is 13.2 Å². The first-order chi connectivity index (χ1) is 14.2. The van der Waals surface area contributed by atoms with E-state index in [4.69, 9.17) is 4.74 Å². The van der Waals surface area contributed by atoms with E-state index in [-0.39, 0.29) is 21.5 Å². The van der Waals surface area contributed by atoms with Crippen LogP contribution in [0.5, 0.6) is 5.75 Å². The number of nitrogens with one attached hydrogen (secondary N) is 1. The van der Waals surface area contributed by atoms with Crippen molar-refractivity contribution in [3.8, 4) is 5.75 Å². The Hall–Kier alpha value is -1.85. The minimum Gasteiger partial charge on any atom is -0.496 e. The lowest BCUT2D eigenvalue weighted by atomic mass is 9.98. The topological polar surface area (TPSA) is 101 Å². The number of hydrogen-bond donors (Lipinski definition) is 1. The van der Waals surface area contributed by atoms with Gasteiger partial charge in [-0.25, -0.2) is 8.42 Å². The Labute approximate surface area is 185 Å². The van der Waals surface area contributed by atoms with Gasteiger partial charge in [-0.05, 0) is 37.0 Å². The maximum Gasteiger partial charge on any atom is 0.263 e. The van der Waals surface area contributed by atoms with Gasteiger partial charge in [-0.2, -0.15) is 0 Å². The van der Waals surface area contributed by atoms with Crippen LogP contribution in [0.15, 0.2) is 27.4 Å². The number of rotatable bonds is 7. The summed E-state index contributed by atoms with van der Waals surface area (Å²) in [5.74, 6) is 0.712. The molecule has 3 rings (SSSR count). The molecule has 1 aromatic heterocycles. The summed E-state index contributed by atoms with van der Waals surface area (Å²) in [7, 11) is -2.46. The Morgan fingerprint density at radius 3 is 2.63 bits per heavy atom. The van der Waals surface area contributed by atoms with Gasteiger partial charge < -0.3 is 9.64 Å². The van der Waals surface area contributed by atoms with Crippen molar-refractivity contribution in [1.82, 2.24) is 15.1 Å². The van der Waals surface area contributed by atoms with Gasteiger partial charge in [0.05, 0.1) is 17.6 Å². The van der Waals surface area contributed by atoms with E-state index in [0.717, 1.165) is 12.8 Å². The maximum atomic E-state index is 13.0. The average molecular weight is 471 g/mol. The van der Waals surface area contributed by atoms with Gasteiger partial charge in [0.1, 0.15) is 5.75 Å². The number of hydrogen-bond acceptors (Lipinski definition) is 8. The summed E-state index contributed by atoms with van der Waals surface area (Å²) in [5, 5.41) is 8.41. The highest BCUT2D eigenvalue weighted by Crippen LogP contribution is 2.31. The van der Waals surface area contributed by atoms with Crippen molar-refractivity contribution in [1.29, 1.82) is 0 Å². The monoisotopic (exact) mass is 470 g/mol. The van der Waals surface area contributed by atoms with Crippen molar-refractivity contribution in [2.45, 2.75) is 48.1 Å². The van der Waals surface area contributed by atoms with E-state index < -0.39 is 10.0 Å². The van der Waals surface area contributed by atoms with Crippen molar-refractivity contribution >= 4 is 44.2 Å². The zero-order chi connectivity index (χ0) is 21.9. The van der Waals surface area contributed by atoms with E-state index in [1.165, 1.54) is 48.4 Å². The van der Waals surface area contributed by atoms with Crippen molar-refractivity contribution in [2.24, 2.45) is 5.92 Å². The molecule has 1 aliphatic heterocycles. The highest BCUT2D eigenvalue weighted by atomic mass is 32.2. The number of likely N-dealkylation sites (tertiary alicyclic amines) is 1. The fraction of sp³-hybridized carbons (Fsp3) is 0.526. The Bertz CT molecular complexity index is 999. The highest BCUT2D eigenvalue weighted by Gasteiger charge is 2.26. The fourth-order valence-electron chi connectivity index (χ4n) is 3.08. The van der Waals surface area contributed by atoms with Crippen LogP contribution in [-0.4, -0.2) is 54.9 Å². The number of nitrogens with zero attached hydrogens (tertiary/aromatic N) is 3. The zero-order valence-electron chi connectivity index (χ0n) is 17.4. The molecule has 0 bridgehead atoms. The normalized spacial score (nSPS) is 15.4. The number of ether oxygens (including phenoxy) is 1. The quantitative estimate of drug-likeness (QED) is 0.615. The summed E-state index contributed by atoms with van der Waals surface area (Å²) in [6, 6.07) is 4.29. The van der Waals surface area contributed by atoms with Gasteiger partial charge in [0, 0.05) is 18.3 Å². The Morgan fingerprint density at radius 2 is 2.00 bits per heavy atom. The molecule has 164 valence electrons. The number of carbonyl (C=O) groups excluding carboxylic acids is 1. The minimum absolute atomic E-state index is 0.0229. The lowest BCUT2D eigenvalue weighted by molar-refractivity contribution is 0.0693. The van der Waals surface area contributed by atoms with Gasteiger partial charge in [0.15, 0.2) is 4.34 Å². The third-order valence-electron chi connectivity index (χ3n) is 4.75. The van der Waals surface area contributed by atoms with Crippen LogP contribution in [0.3, 0.4) is 0 Å². The average Bonchev–Trinajstić information content (AvgIpc) is 3.12. The number of thioether (sulfide) groups is 1. The first-order valence-electron chi connectivity index (χ1n) is 9.70. The van der Waals surface area contributed by atoms with Gasteiger partial charge in [-0.1, -0.05) is 43.9 Å². The first kappa shape index (κ1) is 22.8. The summed E-state index contributed by atoms with van der Waals surface area (Å²) in [6.07, 6.45) is 1.86. The Morgan fingerprint density at radius 1 is 1.30 bits per heavy atom. The first-order valence-corrected chi connectivity index (χ1v) is 12.9. The number of sulfonamides is 1. The molecule has 11 heteroatoms. The summed E-state index contributed by atoms with van der Waals surface area (Å²) in [6.45, 7) is 7.52. The van der Waals surface area contributed by atoms with Crippen LogP contribution < -0.4 is 9.46 Å². The molecule has 0 radical (unpaired) electrons. The maximum absolute atomic E-state index is 13.0. The van der Waals surface area contributed by atoms with E-state index in [0.29, 0.717) is 34.3 Å². The molecule has 30 heavy (non-hydrogen) atoms. The lowest BCUT2D eigenvalue weighted by Gasteiger charge is -2.30. The van der Waals surface area contributed by atoms with Crippen LogP contribution in [0.25, 0.3) is 0 Å². The standard InChI is InChI=1S/C19H26N4O4S3/c1-12(2)28-19-21-20-18(29-19)22-30(25,26)14-5-6-16(27-4)15(11-14)17(24)23-9-7-13(3)8-10-23/h5-6,11-13H,7-10H2,1-4H3,(H,20,22). The van der Waals surface area contributed by atoms with Crippen LogP contribution in [-0.2, 0) is 10.0 Å². The second-order valence-corrected chi connectivity index (χ2v) is 12.0. The number of benzene rings is 1. The highest BCUT2D eigenvalue weighted by molar-refractivity contribution is 8.01. The van der Waals surface area contributed by atoms with Crippen LogP contribution in [0.1, 0.15) is 44.0 Å². The van der Waals surface area contributed by atoms with Gasteiger partial charge in [0.25, 0.3) is 15.9 Å². The zero-order valence-corrected chi connectivity index (χ0v) is 19.9. The Balaban J connectivity index is 1.84. The molecule has 0 atom stereocenters. The largest absolute Gasteiger partial charge is 0.496 e. The molecule has 0 unspecified atom stereocenters. The smallest absolute Gasteiger partial charge is 0.263 e. The molecule has 1 amide bonds. The lowest BCUT2D eigenvalue weighted by Crippen LogP contribution is -2.38. The predicted molar refractivity (Wildman–Crippen MR) is 119 cm³/mol. The summed E-state index contributed by atoms with van der Waals surface area (Å²) < 4.78 is 34.2. The van der Waals surface area contributed by atoms with E-state index >= 15 is 0 Å². The van der Waals surface area contributed by atoms with Crippen LogP contribution in [0, 0.1) is 5.92 Å². The molecule has 0 saturated carbocycles. The van der Waals surface area contributed by atoms with Crippen molar-refractivity contribution in [2.75, 3.05) is 24.9 Å². The Kier molecular flexibility index (Phi) is 7.25. The van der Waals surface area contributed by atoms with Gasteiger partial charge in [-0.15, -0.1) is 10.2 Å². The molecule has 0 aliphatic carbocycles. The molecule has 8 nitrogen and oxygen atoms in total. The number of anilines is 1. The summed E-state index contributed by atoms with van der Waals surface area (Å²) in [5.41, 5.74) is 0.239. The molecular formula is C19H26N4O4S3. The van der Waals surface area contributed by atoms with Gasteiger partial charge in [-0.3, -0.25) is 9.52 Å². The molecule has 1 saturated heterocycles. The van der Waals surface area contributed by atoms with E-state index in [1.807, 2.05) is 13.8 Å². The van der Waals surface area contributed by atoms with Gasteiger partial charge >= 0.3 is 0 Å². The molecule has 1 fully saturated rings. The number of piperidine rings is 1. The van der Waals surface area contributed by atoms with Crippen LogP contribution in [0.4, 0.5) is 5.13 Å². The number of aromatic nitrogens is 2. The third-order valence-corrected chi connectivity index (χ3v) is 8.14. The molecular weight excluding hydrogens is 444 g/mol. The number of amides is 1. The molecule has 1 aliphatic rings. The van der Waals surface area contributed by atoms with E-state index in [1.54, 1.807) is 4.90 Å². The predicted octanol–water partition coefficient (Wildman–Crippen LogP) is 3.72. The van der Waals surface area contributed by atoms with Gasteiger partial charge in [0.2, 0.25) is 5.13 Å². The van der Waals surface area contributed by atoms with Crippen molar-refractivity contribution in [3.05, 3.63) is 23.8 Å². The molecule has 2 heterocycles. The second-order valence-electron chi connectivity index (χ2n) is 7.48. The number of carbonyl (C=O) groups is 1. The summed E-state index contributed by atoms with van der Waals surface area (Å²) >= 11 is 2.69. The molecule has 0 spiro atoms. The second kappa shape index (κ2) is 9.52. The molecule has 1 N–H and O–H groups in total. The van der Waals surface area contributed by atoms with Crippen molar-refractivity contribution < 1.29 is 17.9 Å². The molecule has 2 aromatic rings. The van der Waals surface area contributed by atoms with Crippen LogP contribution in [0.2, 0.25) is 0 Å². The number of methoxy groups -OCH3 is 1. The molecule has 1 aromatic carbocycles. The SMILES string of the molecule is COc1ccc(S(=O)(=O)Nc2nnc(SC(C)C)s2)cc1C(=O)N1CCC(C)CC1.